The molecule has 10 aromatic carbocycles. The molecule has 2 amide bonds. The summed E-state index contributed by atoms with van der Waals surface area (Å²) >= 11 is 0. The molecule has 6 aliphatic rings. The molecule has 6 bridgehead atoms. The number of hydrogen-bond acceptors (Lipinski definition) is 27. The Morgan fingerprint density at radius 3 is 1.24 bits per heavy atom. The molecule has 3 aromatic heterocycles. The van der Waals surface area contributed by atoms with Crippen molar-refractivity contribution < 1.29 is 104 Å². The average Bonchev–Trinajstić information content (AvgIpc) is 1.72. The average molecular weight is 1850 g/mol. The van der Waals surface area contributed by atoms with E-state index in [-0.39, 0.29) is 68.8 Å². The molecule has 6 fully saturated rings. The number of fused-ring (bicyclic) bond motifs is 8. The Bertz CT molecular complexity index is 7590. The first-order valence-corrected chi connectivity index (χ1v) is 46.2. The summed E-state index contributed by atoms with van der Waals surface area (Å²) in [6.45, 7) is 2.52. The summed E-state index contributed by atoms with van der Waals surface area (Å²) in [6.07, 6.45) is -5.64. The zero-order valence-corrected chi connectivity index (χ0v) is 72.5. The maximum absolute atomic E-state index is 13.2. The number of nitrogens with zero attached hydrogens (tertiary/aromatic N) is 5. The number of rotatable bonds is 21. The highest BCUT2D eigenvalue weighted by molar-refractivity contribution is 7.52. The van der Waals surface area contributed by atoms with Crippen LogP contribution in [0.4, 0.5) is 11.4 Å². The van der Waals surface area contributed by atoms with E-state index in [2.05, 4.69) is 116 Å². The van der Waals surface area contributed by atoms with E-state index in [1.807, 2.05) is 60.7 Å². The quantitative estimate of drug-likeness (QED) is 0.00907. The van der Waals surface area contributed by atoms with Gasteiger partial charge in [0, 0.05) is 77.1 Å². The summed E-state index contributed by atoms with van der Waals surface area (Å²) in [5.41, 5.74) is -9.24. The highest BCUT2D eigenvalue weighted by atomic mass is 31.2. The molecule has 0 spiro atoms. The van der Waals surface area contributed by atoms with Crippen molar-refractivity contribution >= 4 is 121 Å². The Balaban J connectivity index is 0.000000138. The molecule has 13 aromatic rings. The molecule has 40 nitrogen and oxygen atoms in total. The Labute approximate surface area is 737 Å². The second kappa shape index (κ2) is 35.1. The van der Waals surface area contributed by atoms with Crippen molar-refractivity contribution in [2.45, 2.75) is 72.1 Å². The van der Waals surface area contributed by atoms with Crippen LogP contribution in [-0.2, 0) is 69.9 Å². The van der Waals surface area contributed by atoms with E-state index in [0.717, 1.165) is 118 Å². The van der Waals surface area contributed by atoms with E-state index >= 15 is 0 Å². The molecule has 6 aliphatic heterocycles. The van der Waals surface area contributed by atoms with Crippen LogP contribution in [0.1, 0.15) is 61.7 Å². The molecule has 131 heavy (non-hydrogen) atoms. The van der Waals surface area contributed by atoms with Gasteiger partial charge in [0.2, 0.25) is 0 Å². The molecule has 43 heteroatoms. The predicted molar refractivity (Wildman–Crippen MR) is 471 cm³/mol. The molecule has 6 saturated heterocycles. The smallest absolute Gasteiger partial charge is 0.330 e. The molecular weight excluding hydrogens is 1770 g/mol. The minimum Gasteiger partial charge on any atom is -0.381 e. The van der Waals surface area contributed by atoms with E-state index in [0.29, 0.717) is 11.6 Å². The van der Waals surface area contributed by atoms with Gasteiger partial charge in [0.1, 0.15) is 75.7 Å². The minimum atomic E-state index is -4.01. The standard InChI is InChI=1S/C34H27N2O8P.C32H28N3O9P.C22H22N5O13P/c1-41-17-34-18-42-29(30(34)44-45(2,39)40)32(43-34)36-16-21(31(37)35-33(36)38)13-12-19-14-15-26-24-10-4-7-20-6-3-9-23(27(20)24)25-11-5-8-22(19)28(25)26;1-41-16-32-17-42-26(27(32)44-45(2,39)40)30(43-32)35-15-21(28(36)34-31(35)38)7-4-14-33-29(37)23-13-11-20-9-8-18-5-3-6-19-10-12-22(23)25(20)24(18)19;1-37-10-22-11-38-16(17(22)40-41(2,35)36)20(39-22)25-9-12(18(28)24-21(25)30)4-3-7-23-19(29)14-6-5-13(26(31)32)8-15(14)27(33)34/h3-11,14-16,29-30,32H,17-18H2,1-2H3,(H,39,40)(H,35,37,38);3,5-6,8-13,15,26-27,30H,14,16-17H2,1-2H3,(H,33,37)(H,39,40)(H,34,36,38);5-6,8-9,16-17,20H,7,10-11H2,1-2H3,(H,23,29)(H,35,36)(H,24,28,30)/t29?,30-,32-,34+;26?,27-,30-,32+;16?,17-,20-,22+/m111/s1. The van der Waals surface area contributed by atoms with E-state index in [1.165, 1.54) is 49.1 Å². The Kier molecular flexibility index (Phi) is 24.1. The van der Waals surface area contributed by atoms with Crippen LogP contribution in [0.5, 0.6) is 0 Å². The van der Waals surface area contributed by atoms with Gasteiger partial charge in [-0.25, -0.2) is 14.4 Å². The molecule has 19 rings (SSSR count). The van der Waals surface area contributed by atoms with Gasteiger partial charge in [0.25, 0.3) is 39.9 Å². The molecule has 9 heterocycles. The molecule has 6 unspecified atom stereocenters. The number of ether oxygens (including phenoxy) is 9. The van der Waals surface area contributed by atoms with Crippen molar-refractivity contribution in [3.8, 4) is 35.5 Å². The largest absolute Gasteiger partial charge is 0.381 e. The lowest BCUT2D eigenvalue weighted by atomic mass is 9.88. The second-order valence-electron chi connectivity index (χ2n) is 32.0. The van der Waals surface area contributed by atoms with Crippen LogP contribution >= 0.6 is 22.8 Å². The predicted octanol–water partition coefficient (Wildman–Crippen LogP) is 6.88. The molecule has 674 valence electrons. The van der Waals surface area contributed by atoms with Gasteiger partial charge in [-0.3, -0.25) is 100 Å². The highest BCUT2D eigenvalue weighted by Crippen LogP contribution is 2.56. The number of methoxy groups -OCH3 is 3. The van der Waals surface area contributed by atoms with E-state index in [9.17, 15) is 87.0 Å². The summed E-state index contributed by atoms with van der Waals surface area (Å²) in [5.74, 6) is 15.3. The third kappa shape index (κ3) is 17.1. The zero-order valence-electron chi connectivity index (χ0n) is 69.8. The van der Waals surface area contributed by atoms with Gasteiger partial charge in [-0.15, -0.1) is 0 Å². The van der Waals surface area contributed by atoms with Gasteiger partial charge in [-0.05, 0) is 93.6 Å². The first-order valence-electron chi connectivity index (χ1n) is 40.1. The van der Waals surface area contributed by atoms with Gasteiger partial charge in [-0.1, -0.05) is 145 Å². The molecule has 0 saturated carbocycles. The van der Waals surface area contributed by atoms with Crippen LogP contribution in [0, 0.1) is 55.8 Å². The monoisotopic (exact) mass is 1850 g/mol. The van der Waals surface area contributed by atoms with Crippen LogP contribution < -0.4 is 44.4 Å². The summed E-state index contributed by atoms with van der Waals surface area (Å²) in [7, 11) is -7.65. The summed E-state index contributed by atoms with van der Waals surface area (Å²) < 4.78 is 107. The van der Waals surface area contributed by atoms with Crippen molar-refractivity contribution in [1.82, 2.24) is 39.3 Å². The van der Waals surface area contributed by atoms with Crippen LogP contribution in [0.25, 0.3) is 75.4 Å². The van der Waals surface area contributed by atoms with Gasteiger partial charge < -0.3 is 67.9 Å². The van der Waals surface area contributed by atoms with E-state index in [1.54, 1.807) is 6.07 Å². The molecule has 0 aliphatic carbocycles. The molecular formula is C88H77N10O30P3. The fourth-order valence-electron chi connectivity index (χ4n) is 17.8. The van der Waals surface area contributed by atoms with Crippen LogP contribution in [-0.4, -0.2) is 212 Å². The molecule has 0 radical (unpaired) electrons. The maximum atomic E-state index is 13.2. The first kappa shape index (κ1) is 90.0. The van der Waals surface area contributed by atoms with Crippen molar-refractivity contribution in [2.75, 3.05) is 94.1 Å². The highest BCUT2D eigenvalue weighted by Gasteiger charge is 2.67. The fraction of sp³-hybridized carbons (Fsp3) is 0.295. The maximum Gasteiger partial charge on any atom is 0.330 e. The third-order valence-corrected chi connectivity index (χ3v) is 25.0. The van der Waals surface area contributed by atoms with Gasteiger partial charge >= 0.3 is 39.9 Å². The topological polar surface area (TPSA) is 532 Å². The second-order valence-corrected chi connectivity index (χ2v) is 37.4. The number of aromatic nitrogens is 6. The summed E-state index contributed by atoms with van der Waals surface area (Å²) in [6, 6.07) is 43.2. The number of nitro benzene ring substituents is 2. The van der Waals surface area contributed by atoms with Crippen molar-refractivity contribution in [3.63, 3.8) is 0 Å². The third-order valence-electron chi connectivity index (χ3n) is 23.1. The Morgan fingerprint density at radius 1 is 0.450 bits per heavy atom. The van der Waals surface area contributed by atoms with Gasteiger partial charge in [0.15, 0.2) is 18.7 Å². The first-order chi connectivity index (χ1) is 62.5. The van der Waals surface area contributed by atoms with Crippen molar-refractivity contribution in [2.24, 2.45) is 0 Å². The lowest BCUT2D eigenvalue weighted by Gasteiger charge is -2.31. The summed E-state index contributed by atoms with van der Waals surface area (Å²) in [4.78, 5) is 159. The number of aromatic amines is 3. The number of benzene rings is 10. The van der Waals surface area contributed by atoms with Crippen LogP contribution in [0.2, 0.25) is 0 Å². The number of hydrogen-bond donors (Lipinski definition) is 8. The number of amides is 2. The van der Waals surface area contributed by atoms with Gasteiger partial charge in [0.05, 0.1) is 68.6 Å². The molecule has 15 atom stereocenters. The SMILES string of the molecule is COC[C@@]12COC([C@H](n3cc(C#CCNC(=O)c4ccc([N+](=O)[O-])cc4[N+](=O)[O-])c(=O)[nH]c3=O)O1)[C@H]2OP(C)(=O)O.COC[C@@]12COC([C@H](n3cc(C#CCNC(=O)c4ccc5ccc6cccc7ccc4c5c67)c(=O)[nH]c3=O)O1)[C@H]2OP(C)(=O)O.COC[C@@]12COC([C@H](n3cc(C#Cc4ccc5c6cccc7cccc(c8cccc4c85)c76)c(=O)[nH]c3=O)O1)[C@H]2OP(C)(=O)O. The molecule has 8 N–H and O–H groups in total. The van der Waals surface area contributed by atoms with Gasteiger partial charge in [-0.2, -0.15) is 0 Å². The van der Waals surface area contributed by atoms with E-state index < -0.39 is 168 Å². The van der Waals surface area contributed by atoms with Crippen molar-refractivity contribution in [1.29, 1.82) is 0 Å². The number of carbonyl (C=O) groups excluding carboxylic acids is 2. The van der Waals surface area contributed by atoms with Crippen LogP contribution in [0.15, 0.2) is 187 Å². The Morgan fingerprint density at radius 2 is 0.809 bits per heavy atom. The normalized spacial score (nSPS) is 24.0. The number of H-pyrrole nitrogens is 3. The van der Waals surface area contributed by atoms with Crippen LogP contribution in [0.3, 0.4) is 0 Å². The van der Waals surface area contributed by atoms with E-state index in [4.69, 9.17) is 56.2 Å². The lowest BCUT2D eigenvalue weighted by molar-refractivity contribution is -0.394. The number of carbonyl (C=O) groups is 2. The number of non-ortho nitro benzene ring substituents is 1. The Hall–Kier alpha value is -12.9. The number of nitrogens with one attached hydrogen (secondary N) is 5. The zero-order chi connectivity index (χ0) is 92.7. The number of nitro groups is 2. The summed E-state index contributed by atoms with van der Waals surface area (Å²) in [5, 5.41) is 42.4. The van der Waals surface area contributed by atoms with Crippen molar-refractivity contribution in [3.05, 3.63) is 274 Å². The fourth-order valence-corrected chi connectivity index (χ4v) is 20.0. The minimum absolute atomic E-state index is 0.000527. The lowest BCUT2D eigenvalue weighted by Crippen LogP contribution is -2.46.